The molecule has 0 spiro atoms. The van der Waals surface area contributed by atoms with Gasteiger partial charge in [-0.05, 0) is 81.2 Å². The number of benzene rings is 1. The maximum absolute atomic E-state index is 12.9. The summed E-state index contributed by atoms with van der Waals surface area (Å²) in [5.41, 5.74) is 0.322. The van der Waals surface area contributed by atoms with Gasteiger partial charge in [-0.1, -0.05) is 0 Å². The van der Waals surface area contributed by atoms with Crippen molar-refractivity contribution in [1.82, 2.24) is 10.2 Å². The standard InChI is InChI=1S/C25H36F3N3O2/c1-33-15-12-24(32)29-21-6-2-18(3-7-21)10-13-30-16-19-11-14-31(23(19)17-30)22-8-4-20(5-9-22)25(26,27)28/h4-5,8-9,18-19,21,23H,2-3,6-7,10-17H2,1H3,(H,29,32)/t18?,19-,21?,23+/m0/s1. The molecule has 1 amide bonds. The highest BCUT2D eigenvalue weighted by Crippen LogP contribution is 2.37. The molecule has 0 bridgehead atoms. The number of carbonyl (C=O) groups is 1. The average molecular weight is 468 g/mol. The van der Waals surface area contributed by atoms with E-state index in [1.165, 1.54) is 18.6 Å². The summed E-state index contributed by atoms with van der Waals surface area (Å²) in [6.45, 7) is 4.57. The van der Waals surface area contributed by atoms with Crippen molar-refractivity contribution < 1.29 is 22.7 Å². The zero-order valence-corrected chi connectivity index (χ0v) is 19.4. The van der Waals surface area contributed by atoms with Gasteiger partial charge in [-0.3, -0.25) is 4.79 Å². The molecule has 0 radical (unpaired) electrons. The van der Waals surface area contributed by atoms with Crippen LogP contribution in [0.15, 0.2) is 24.3 Å². The molecular weight excluding hydrogens is 431 g/mol. The first-order valence-corrected chi connectivity index (χ1v) is 12.3. The number of alkyl halides is 3. The Labute approximate surface area is 194 Å². The summed E-state index contributed by atoms with van der Waals surface area (Å²) >= 11 is 0. The predicted octanol–water partition coefficient (Wildman–Crippen LogP) is 4.32. The fourth-order valence-electron chi connectivity index (χ4n) is 5.85. The Balaban J connectivity index is 1.20. The number of methoxy groups -OCH3 is 1. The number of hydrogen-bond acceptors (Lipinski definition) is 4. The van der Waals surface area contributed by atoms with E-state index < -0.39 is 11.7 Å². The van der Waals surface area contributed by atoms with Gasteiger partial charge in [-0.15, -0.1) is 0 Å². The second kappa shape index (κ2) is 10.6. The van der Waals surface area contributed by atoms with Gasteiger partial charge in [-0.2, -0.15) is 13.2 Å². The number of fused-ring (bicyclic) bond motifs is 1. The van der Waals surface area contributed by atoms with Crippen molar-refractivity contribution in [2.24, 2.45) is 11.8 Å². The minimum absolute atomic E-state index is 0.0847. The molecule has 2 atom stereocenters. The van der Waals surface area contributed by atoms with Crippen LogP contribution in [0.25, 0.3) is 0 Å². The number of nitrogens with zero attached hydrogens (tertiary/aromatic N) is 2. The molecular formula is C25H36F3N3O2. The Morgan fingerprint density at radius 3 is 2.48 bits per heavy atom. The molecule has 2 aliphatic heterocycles. The largest absolute Gasteiger partial charge is 0.416 e. The highest BCUT2D eigenvalue weighted by Gasteiger charge is 2.41. The van der Waals surface area contributed by atoms with Crippen molar-refractivity contribution in [1.29, 1.82) is 0 Å². The Morgan fingerprint density at radius 2 is 1.82 bits per heavy atom. The molecule has 3 fully saturated rings. The van der Waals surface area contributed by atoms with Gasteiger partial charge >= 0.3 is 6.18 Å². The Kier molecular flexibility index (Phi) is 7.84. The number of likely N-dealkylation sites (tertiary alicyclic amines) is 1. The molecule has 0 unspecified atom stereocenters. The van der Waals surface area contributed by atoms with Crippen LogP contribution < -0.4 is 10.2 Å². The molecule has 4 rings (SSSR count). The average Bonchev–Trinajstić information content (AvgIpc) is 3.37. The summed E-state index contributed by atoms with van der Waals surface area (Å²) in [6.07, 6.45) is 2.86. The fourth-order valence-corrected chi connectivity index (χ4v) is 5.85. The Morgan fingerprint density at radius 1 is 1.09 bits per heavy atom. The molecule has 8 heteroatoms. The van der Waals surface area contributed by atoms with E-state index in [9.17, 15) is 18.0 Å². The van der Waals surface area contributed by atoms with E-state index in [2.05, 4.69) is 15.1 Å². The molecule has 1 aromatic rings. The quantitative estimate of drug-likeness (QED) is 0.619. The molecule has 3 aliphatic rings. The zero-order valence-electron chi connectivity index (χ0n) is 19.4. The fraction of sp³-hybridized carbons (Fsp3) is 0.720. The van der Waals surface area contributed by atoms with Gasteiger partial charge in [0.05, 0.1) is 12.2 Å². The van der Waals surface area contributed by atoms with Crippen molar-refractivity contribution >= 4 is 11.6 Å². The van der Waals surface area contributed by atoms with Crippen molar-refractivity contribution in [2.75, 3.05) is 44.8 Å². The first-order valence-electron chi connectivity index (χ1n) is 12.3. The number of carbonyl (C=O) groups excluding carboxylic acids is 1. The smallest absolute Gasteiger partial charge is 0.384 e. The number of anilines is 1. The molecule has 1 N–H and O–H groups in total. The third-order valence-corrected chi connectivity index (χ3v) is 7.75. The molecule has 1 aromatic carbocycles. The molecule has 1 saturated carbocycles. The molecule has 33 heavy (non-hydrogen) atoms. The maximum Gasteiger partial charge on any atom is 0.416 e. The number of ether oxygens (including phenoxy) is 1. The molecule has 0 aromatic heterocycles. The predicted molar refractivity (Wildman–Crippen MR) is 122 cm³/mol. The van der Waals surface area contributed by atoms with Crippen LogP contribution in [-0.4, -0.2) is 62.8 Å². The van der Waals surface area contributed by atoms with Gasteiger partial charge in [0.1, 0.15) is 0 Å². The lowest BCUT2D eigenvalue weighted by molar-refractivity contribution is -0.137. The second-order valence-electron chi connectivity index (χ2n) is 9.93. The van der Waals surface area contributed by atoms with Crippen molar-refractivity contribution in [3.8, 4) is 0 Å². The molecule has 2 saturated heterocycles. The maximum atomic E-state index is 12.9. The van der Waals surface area contributed by atoms with E-state index in [-0.39, 0.29) is 5.91 Å². The Bertz CT molecular complexity index is 778. The molecule has 1 aliphatic carbocycles. The van der Waals surface area contributed by atoms with Gasteiger partial charge < -0.3 is 19.9 Å². The van der Waals surface area contributed by atoms with E-state index in [0.29, 0.717) is 36.9 Å². The monoisotopic (exact) mass is 467 g/mol. The summed E-state index contributed by atoms with van der Waals surface area (Å²) < 4.78 is 43.6. The van der Waals surface area contributed by atoms with Crippen LogP contribution in [-0.2, 0) is 15.7 Å². The van der Waals surface area contributed by atoms with E-state index in [1.807, 2.05) is 0 Å². The summed E-state index contributed by atoms with van der Waals surface area (Å²) in [5, 5.41) is 3.13. The van der Waals surface area contributed by atoms with Crippen LogP contribution in [0.5, 0.6) is 0 Å². The highest BCUT2D eigenvalue weighted by molar-refractivity contribution is 5.76. The van der Waals surface area contributed by atoms with Gasteiger partial charge in [0.25, 0.3) is 0 Å². The summed E-state index contributed by atoms with van der Waals surface area (Å²) in [4.78, 5) is 16.7. The number of halogens is 3. The SMILES string of the molecule is COCCC(=O)NC1CCC(CCN2C[C@@H]3CCN(c4ccc(C(F)(F)F)cc4)[C@@H]3C2)CC1. The summed E-state index contributed by atoms with van der Waals surface area (Å²) in [7, 11) is 1.61. The number of nitrogens with one attached hydrogen (secondary N) is 1. The molecule has 5 nitrogen and oxygen atoms in total. The van der Waals surface area contributed by atoms with E-state index >= 15 is 0 Å². The summed E-state index contributed by atoms with van der Waals surface area (Å²) in [5.74, 6) is 1.40. The minimum Gasteiger partial charge on any atom is -0.384 e. The van der Waals surface area contributed by atoms with Gasteiger partial charge in [0, 0.05) is 50.9 Å². The van der Waals surface area contributed by atoms with Crippen molar-refractivity contribution in [3.05, 3.63) is 29.8 Å². The first-order chi connectivity index (χ1) is 15.8. The molecule has 2 heterocycles. The Hall–Kier alpha value is -1.80. The number of amides is 1. The van der Waals surface area contributed by atoms with Crippen LogP contribution in [0.2, 0.25) is 0 Å². The summed E-state index contributed by atoms with van der Waals surface area (Å²) in [6, 6.07) is 6.35. The van der Waals surface area contributed by atoms with Gasteiger partial charge in [0.2, 0.25) is 5.91 Å². The third kappa shape index (κ3) is 6.21. The van der Waals surface area contributed by atoms with Crippen LogP contribution in [0.4, 0.5) is 18.9 Å². The lowest BCUT2D eigenvalue weighted by Crippen LogP contribution is -2.38. The third-order valence-electron chi connectivity index (χ3n) is 7.75. The first kappa shape index (κ1) is 24.3. The highest BCUT2D eigenvalue weighted by atomic mass is 19.4. The van der Waals surface area contributed by atoms with Crippen LogP contribution in [0, 0.1) is 11.8 Å². The van der Waals surface area contributed by atoms with Gasteiger partial charge in [-0.25, -0.2) is 0 Å². The second-order valence-corrected chi connectivity index (χ2v) is 9.93. The van der Waals surface area contributed by atoms with Crippen molar-refractivity contribution in [2.45, 2.75) is 63.2 Å². The lowest BCUT2D eigenvalue weighted by Gasteiger charge is -2.31. The zero-order chi connectivity index (χ0) is 23.4. The topological polar surface area (TPSA) is 44.8 Å². The normalized spacial score (nSPS) is 28.2. The number of rotatable bonds is 8. The van der Waals surface area contributed by atoms with Gasteiger partial charge in [0.15, 0.2) is 0 Å². The van der Waals surface area contributed by atoms with E-state index in [1.54, 1.807) is 19.2 Å². The van der Waals surface area contributed by atoms with E-state index in [4.69, 9.17) is 4.74 Å². The number of hydrogen-bond donors (Lipinski definition) is 1. The molecule has 184 valence electrons. The van der Waals surface area contributed by atoms with Crippen LogP contribution in [0.3, 0.4) is 0 Å². The minimum atomic E-state index is -4.29. The van der Waals surface area contributed by atoms with Crippen molar-refractivity contribution in [3.63, 3.8) is 0 Å². The van der Waals surface area contributed by atoms with Crippen LogP contribution >= 0.6 is 0 Å². The van der Waals surface area contributed by atoms with E-state index in [0.717, 1.165) is 64.0 Å². The van der Waals surface area contributed by atoms with Crippen LogP contribution in [0.1, 0.15) is 50.5 Å². The lowest BCUT2D eigenvalue weighted by atomic mass is 9.84.